The van der Waals surface area contributed by atoms with Gasteiger partial charge in [0.05, 0.1) is 5.56 Å². The molecule has 6 heteroatoms. The van der Waals surface area contributed by atoms with Gasteiger partial charge >= 0.3 is 0 Å². The van der Waals surface area contributed by atoms with Crippen LogP contribution in [0.3, 0.4) is 0 Å². The van der Waals surface area contributed by atoms with Crippen molar-refractivity contribution < 1.29 is 24.8 Å². The number of hydrogen-bond acceptors (Lipinski definition) is 6. The van der Waals surface area contributed by atoms with Crippen molar-refractivity contribution in [3.63, 3.8) is 0 Å². The molecule has 4 N–H and O–H groups in total. The molecule has 0 amide bonds. The molecule has 2 aromatic rings. The van der Waals surface area contributed by atoms with Crippen molar-refractivity contribution >= 4 is 0 Å². The predicted molar refractivity (Wildman–Crippen MR) is 80.8 cm³/mol. The van der Waals surface area contributed by atoms with Gasteiger partial charge in [-0.25, -0.2) is 0 Å². The lowest BCUT2D eigenvalue weighted by atomic mass is 9.87. The zero-order valence-electron chi connectivity index (χ0n) is 12.3. The molecule has 0 spiro atoms. The average Bonchev–Trinajstić information content (AvgIpc) is 2.56. The summed E-state index contributed by atoms with van der Waals surface area (Å²) < 4.78 is 5.52. The van der Waals surface area contributed by atoms with E-state index in [0.29, 0.717) is 18.6 Å². The third kappa shape index (κ3) is 2.94. The Morgan fingerprint density at radius 1 is 0.913 bits per heavy atom. The monoisotopic (exact) mass is 318 g/mol. The fourth-order valence-corrected chi connectivity index (χ4v) is 2.82. The number of aliphatic hydroxyl groups excluding tert-OH is 4. The van der Waals surface area contributed by atoms with E-state index >= 15 is 0 Å². The van der Waals surface area contributed by atoms with E-state index in [1.165, 1.54) is 6.07 Å². The number of aryl methyl sites for hydroxylation is 2. The normalized spacial score (nSPS) is 26.8. The second-order valence-electron chi connectivity index (χ2n) is 5.71. The molecule has 0 fully saturated rings. The molecule has 6 nitrogen and oxygen atoms in total. The fraction of sp³-hybridized carbons (Fsp3) is 0.353. The highest BCUT2D eigenvalue weighted by atomic mass is 16.4. The number of benzene rings is 1. The van der Waals surface area contributed by atoms with Gasteiger partial charge in [0.15, 0.2) is 5.43 Å². The van der Waals surface area contributed by atoms with Gasteiger partial charge in [0.2, 0.25) is 0 Å². The summed E-state index contributed by atoms with van der Waals surface area (Å²) in [6.07, 6.45) is -5.28. The van der Waals surface area contributed by atoms with Crippen LogP contribution in [-0.2, 0) is 12.8 Å². The van der Waals surface area contributed by atoms with Crippen LogP contribution in [0.4, 0.5) is 0 Å². The Labute approximate surface area is 132 Å². The number of rotatable bonds is 3. The summed E-state index contributed by atoms with van der Waals surface area (Å²) in [5.41, 5.74) is 0.356. The molecule has 1 aromatic heterocycles. The second kappa shape index (κ2) is 6.25. The quantitative estimate of drug-likeness (QED) is 0.644. The maximum Gasteiger partial charge on any atom is 0.191 e. The van der Waals surface area contributed by atoms with E-state index < -0.39 is 29.8 Å². The molecule has 0 bridgehead atoms. The summed E-state index contributed by atoms with van der Waals surface area (Å²) in [5.74, 6) is 0.179. The SMILES string of the molecule is O=c1cc(CCc2ccccc2)oc2c1[C@@H](O)[C@@H](O)C(O)[C@H]2O. The minimum atomic E-state index is -1.63. The van der Waals surface area contributed by atoms with Crippen LogP contribution in [0.2, 0.25) is 0 Å². The molecule has 1 aliphatic rings. The van der Waals surface area contributed by atoms with Crippen LogP contribution in [0.15, 0.2) is 45.6 Å². The molecule has 0 aliphatic heterocycles. The molecule has 1 aliphatic carbocycles. The number of hydrogen-bond donors (Lipinski definition) is 4. The molecular formula is C17H18O6. The maximum atomic E-state index is 12.2. The Kier molecular flexibility index (Phi) is 4.32. The summed E-state index contributed by atoms with van der Waals surface area (Å²) in [6, 6.07) is 10.9. The molecule has 4 atom stereocenters. The van der Waals surface area contributed by atoms with Crippen LogP contribution in [0.1, 0.15) is 34.9 Å². The van der Waals surface area contributed by atoms with Gasteiger partial charge in [-0.05, 0) is 12.0 Å². The first-order valence-electron chi connectivity index (χ1n) is 7.42. The minimum absolute atomic E-state index is 0.175. The van der Waals surface area contributed by atoms with Gasteiger partial charge < -0.3 is 24.8 Å². The third-order valence-corrected chi connectivity index (χ3v) is 4.13. The van der Waals surface area contributed by atoms with E-state index in [1.807, 2.05) is 30.3 Å². The van der Waals surface area contributed by atoms with Crippen molar-refractivity contribution in [2.75, 3.05) is 0 Å². The Morgan fingerprint density at radius 2 is 1.57 bits per heavy atom. The molecule has 1 heterocycles. The Bertz CT molecular complexity index is 738. The lowest BCUT2D eigenvalue weighted by Gasteiger charge is -2.32. The molecule has 1 aromatic carbocycles. The first kappa shape index (κ1) is 15.9. The van der Waals surface area contributed by atoms with E-state index in [1.54, 1.807) is 0 Å². The lowest BCUT2D eigenvalue weighted by Crippen LogP contribution is -2.44. The Hall–Kier alpha value is -1.99. The van der Waals surface area contributed by atoms with Crippen molar-refractivity contribution in [2.45, 2.75) is 37.3 Å². The summed E-state index contributed by atoms with van der Waals surface area (Å²) in [6.45, 7) is 0. The largest absolute Gasteiger partial charge is 0.463 e. The molecule has 0 saturated carbocycles. The molecule has 122 valence electrons. The van der Waals surface area contributed by atoms with E-state index in [-0.39, 0.29) is 11.3 Å². The van der Waals surface area contributed by atoms with Crippen LogP contribution in [0.5, 0.6) is 0 Å². The van der Waals surface area contributed by atoms with E-state index in [2.05, 4.69) is 0 Å². The topological polar surface area (TPSA) is 111 Å². The van der Waals surface area contributed by atoms with Gasteiger partial charge in [-0.15, -0.1) is 0 Å². The van der Waals surface area contributed by atoms with Gasteiger partial charge in [-0.1, -0.05) is 30.3 Å². The highest BCUT2D eigenvalue weighted by Crippen LogP contribution is 2.35. The molecule has 1 unspecified atom stereocenters. The van der Waals surface area contributed by atoms with E-state index in [9.17, 15) is 25.2 Å². The van der Waals surface area contributed by atoms with Crippen molar-refractivity contribution in [1.29, 1.82) is 0 Å². The first-order valence-corrected chi connectivity index (χ1v) is 7.42. The lowest BCUT2D eigenvalue weighted by molar-refractivity contribution is -0.128. The molecule has 23 heavy (non-hydrogen) atoms. The maximum absolute atomic E-state index is 12.2. The van der Waals surface area contributed by atoms with Crippen molar-refractivity contribution in [3.05, 3.63) is 69.3 Å². The third-order valence-electron chi connectivity index (χ3n) is 4.13. The zero-order valence-corrected chi connectivity index (χ0v) is 12.3. The highest BCUT2D eigenvalue weighted by molar-refractivity contribution is 5.29. The Morgan fingerprint density at radius 3 is 2.26 bits per heavy atom. The van der Waals surface area contributed by atoms with Crippen LogP contribution < -0.4 is 5.43 Å². The van der Waals surface area contributed by atoms with Crippen molar-refractivity contribution in [3.8, 4) is 0 Å². The second-order valence-corrected chi connectivity index (χ2v) is 5.71. The fourth-order valence-electron chi connectivity index (χ4n) is 2.82. The average molecular weight is 318 g/mol. The van der Waals surface area contributed by atoms with Crippen LogP contribution in [0.25, 0.3) is 0 Å². The smallest absolute Gasteiger partial charge is 0.191 e. The van der Waals surface area contributed by atoms with Crippen LogP contribution in [-0.4, -0.2) is 32.6 Å². The minimum Gasteiger partial charge on any atom is -0.463 e. The summed E-state index contributed by atoms with van der Waals surface area (Å²) in [5, 5.41) is 39.3. The molecule has 0 radical (unpaired) electrons. The summed E-state index contributed by atoms with van der Waals surface area (Å²) in [7, 11) is 0. The van der Waals surface area contributed by atoms with E-state index in [4.69, 9.17) is 4.42 Å². The molecule has 3 rings (SSSR count). The summed E-state index contributed by atoms with van der Waals surface area (Å²) >= 11 is 0. The van der Waals surface area contributed by atoms with Crippen LogP contribution in [0, 0.1) is 0 Å². The van der Waals surface area contributed by atoms with Gasteiger partial charge in [-0.3, -0.25) is 4.79 Å². The van der Waals surface area contributed by atoms with Crippen LogP contribution >= 0.6 is 0 Å². The first-order chi connectivity index (χ1) is 11.0. The standard InChI is InChI=1S/C17H18O6/c18-11-8-10(7-6-9-4-2-1-3-5-9)23-17-12(11)13(19)14(20)15(21)16(17)22/h1-5,8,13-16,19-22H,6-7H2/t13-,14-,15?,16-/m1/s1. The van der Waals surface area contributed by atoms with Crippen molar-refractivity contribution in [1.82, 2.24) is 0 Å². The zero-order chi connectivity index (χ0) is 16.6. The molecular weight excluding hydrogens is 300 g/mol. The molecule has 0 saturated heterocycles. The van der Waals surface area contributed by atoms with Gasteiger partial charge in [0.1, 0.15) is 35.9 Å². The number of aliphatic hydroxyl groups is 4. The highest BCUT2D eigenvalue weighted by Gasteiger charge is 2.43. The van der Waals surface area contributed by atoms with Gasteiger partial charge in [-0.2, -0.15) is 0 Å². The van der Waals surface area contributed by atoms with Gasteiger partial charge in [0, 0.05) is 12.5 Å². The summed E-state index contributed by atoms with van der Waals surface area (Å²) in [4.78, 5) is 12.2. The number of fused-ring (bicyclic) bond motifs is 1. The predicted octanol–water partition coefficient (Wildman–Crippen LogP) is 0.227. The van der Waals surface area contributed by atoms with Crippen molar-refractivity contribution in [2.24, 2.45) is 0 Å². The van der Waals surface area contributed by atoms with E-state index in [0.717, 1.165) is 5.56 Å². The Balaban J connectivity index is 1.91. The van der Waals surface area contributed by atoms with Gasteiger partial charge in [0.25, 0.3) is 0 Å².